The van der Waals surface area contributed by atoms with E-state index in [2.05, 4.69) is 5.32 Å². The molecule has 27 heavy (non-hydrogen) atoms. The Morgan fingerprint density at radius 3 is 2.59 bits per heavy atom. The Morgan fingerprint density at radius 2 is 2.00 bits per heavy atom. The van der Waals surface area contributed by atoms with Crippen molar-refractivity contribution in [1.82, 2.24) is 5.32 Å². The Hall–Kier alpha value is -2.30. The van der Waals surface area contributed by atoms with Crippen molar-refractivity contribution in [1.29, 1.82) is 5.26 Å². The molecule has 3 rings (SSSR count). The van der Waals surface area contributed by atoms with Crippen molar-refractivity contribution < 1.29 is 17.6 Å². The normalized spacial score (nSPS) is 17.0. The molecule has 0 radical (unpaired) electrons. The van der Waals surface area contributed by atoms with Crippen LogP contribution in [0.3, 0.4) is 0 Å². The fraction of sp³-hybridized carbons (Fsp3) is 0.316. The number of benzene rings is 2. The van der Waals surface area contributed by atoms with Gasteiger partial charge in [-0.1, -0.05) is 17.7 Å². The maximum atomic E-state index is 13.4. The van der Waals surface area contributed by atoms with Crippen molar-refractivity contribution in [3.8, 4) is 6.07 Å². The monoisotopic (exact) mass is 397 g/mol. The summed E-state index contributed by atoms with van der Waals surface area (Å²) < 4.78 is 53.5. The van der Waals surface area contributed by atoms with E-state index < -0.39 is 17.6 Å². The molecule has 2 aromatic carbocycles. The highest BCUT2D eigenvalue weighted by molar-refractivity contribution is 6.32. The van der Waals surface area contributed by atoms with Gasteiger partial charge in [-0.3, -0.25) is 0 Å². The molecule has 3 nitrogen and oxygen atoms in total. The molecule has 1 atom stereocenters. The van der Waals surface area contributed by atoms with Gasteiger partial charge in [-0.25, -0.2) is 4.39 Å². The zero-order valence-corrected chi connectivity index (χ0v) is 14.9. The van der Waals surface area contributed by atoms with Gasteiger partial charge >= 0.3 is 6.18 Å². The van der Waals surface area contributed by atoms with Crippen LogP contribution in [0.1, 0.15) is 23.1 Å². The van der Waals surface area contributed by atoms with Crippen molar-refractivity contribution in [2.24, 2.45) is 0 Å². The van der Waals surface area contributed by atoms with Crippen LogP contribution in [-0.2, 0) is 12.7 Å². The molecule has 1 aliphatic heterocycles. The van der Waals surface area contributed by atoms with Crippen LogP contribution >= 0.6 is 11.6 Å². The molecular formula is C19H16ClF4N3. The number of alkyl halides is 3. The second-order valence-corrected chi connectivity index (χ2v) is 6.76. The molecule has 142 valence electrons. The molecule has 1 N–H and O–H groups in total. The van der Waals surface area contributed by atoms with Gasteiger partial charge in [-0.05, 0) is 48.9 Å². The van der Waals surface area contributed by atoms with Gasteiger partial charge in [0.05, 0.1) is 16.1 Å². The first-order valence-electron chi connectivity index (χ1n) is 8.32. The smallest absolute Gasteiger partial charge is 0.363 e. The van der Waals surface area contributed by atoms with Crippen LogP contribution in [0, 0.1) is 17.1 Å². The van der Waals surface area contributed by atoms with Crippen molar-refractivity contribution in [3.05, 3.63) is 63.9 Å². The Kier molecular flexibility index (Phi) is 5.59. The highest BCUT2D eigenvalue weighted by Crippen LogP contribution is 2.35. The topological polar surface area (TPSA) is 39.1 Å². The number of nitrogens with zero attached hydrogens (tertiary/aromatic N) is 2. The van der Waals surface area contributed by atoms with Crippen LogP contribution in [0.4, 0.5) is 23.2 Å². The lowest BCUT2D eigenvalue weighted by atomic mass is 10.0. The molecule has 2 aromatic rings. The van der Waals surface area contributed by atoms with Crippen molar-refractivity contribution in [2.45, 2.75) is 25.2 Å². The number of hydrogen-bond acceptors (Lipinski definition) is 3. The highest BCUT2D eigenvalue weighted by atomic mass is 35.5. The van der Waals surface area contributed by atoms with Crippen molar-refractivity contribution in [2.75, 3.05) is 18.0 Å². The summed E-state index contributed by atoms with van der Waals surface area (Å²) in [5.41, 5.74) is -0.0951. The van der Waals surface area contributed by atoms with E-state index in [0.29, 0.717) is 23.9 Å². The average molecular weight is 398 g/mol. The van der Waals surface area contributed by atoms with Gasteiger partial charge in [0.1, 0.15) is 11.9 Å². The summed E-state index contributed by atoms with van der Waals surface area (Å²) in [6.45, 7) is 1.31. The summed E-state index contributed by atoms with van der Waals surface area (Å²) in [6.07, 6.45) is -3.90. The number of nitriles is 1. The van der Waals surface area contributed by atoms with E-state index in [-0.39, 0.29) is 23.2 Å². The quantitative estimate of drug-likeness (QED) is 0.757. The van der Waals surface area contributed by atoms with Gasteiger partial charge in [0.2, 0.25) is 0 Å². The summed E-state index contributed by atoms with van der Waals surface area (Å²) in [4.78, 5) is 1.81. The second-order valence-electron chi connectivity index (χ2n) is 6.35. The zero-order valence-electron chi connectivity index (χ0n) is 14.2. The fourth-order valence-corrected chi connectivity index (χ4v) is 3.46. The molecule has 0 bridgehead atoms. The van der Waals surface area contributed by atoms with Gasteiger partial charge < -0.3 is 10.2 Å². The van der Waals surface area contributed by atoms with Crippen LogP contribution in [-0.4, -0.2) is 19.1 Å². The van der Waals surface area contributed by atoms with Gasteiger partial charge in [-0.2, -0.15) is 18.4 Å². The fourth-order valence-electron chi connectivity index (χ4n) is 3.24. The predicted octanol–water partition coefficient (Wildman–Crippen LogP) is 4.74. The first-order valence-corrected chi connectivity index (χ1v) is 8.70. The minimum absolute atomic E-state index is 0.0173. The van der Waals surface area contributed by atoms with Gasteiger partial charge in [0.15, 0.2) is 0 Å². The Labute approximate surface area is 159 Å². The summed E-state index contributed by atoms with van der Waals surface area (Å²) in [5.74, 6) is -0.929. The van der Waals surface area contributed by atoms with E-state index in [4.69, 9.17) is 16.9 Å². The molecule has 1 fully saturated rings. The molecular weight excluding hydrogens is 382 g/mol. The van der Waals surface area contributed by atoms with Crippen LogP contribution in [0.15, 0.2) is 36.4 Å². The first-order chi connectivity index (χ1) is 12.8. The van der Waals surface area contributed by atoms with E-state index in [1.54, 1.807) is 18.2 Å². The summed E-state index contributed by atoms with van der Waals surface area (Å²) >= 11 is 6.11. The average Bonchev–Trinajstić information content (AvgIpc) is 3.14. The molecule has 0 spiro atoms. The molecule has 0 saturated carbocycles. The molecule has 1 saturated heterocycles. The number of nitrogens with one attached hydrogen (secondary N) is 1. The SMILES string of the molecule is N#Cc1ccc(N(Cc2ccc(F)cc2C(F)(F)F)C2CCNC2)cc1Cl. The van der Waals surface area contributed by atoms with E-state index >= 15 is 0 Å². The molecule has 1 aliphatic rings. The third-order valence-corrected chi connectivity index (χ3v) is 4.91. The van der Waals surface area contributed by atoms with E-state index in [1.165, 1.54) is 6.07 Å². The van der Waals surface area contributed by atoms with Crippen molar-refractivity contribution >= 4 is 17.3 Å². The third-order valence-electron chi connectivity index (χ3n) is 4.60. The standard InChI is InChI=1S/C19H16ClF4N3/c20-18-8-15(4-2-12(18)9-25)27(16-5-6-26-10-16)11-13-1-3-14(21)7-17(13)19(22,23)24/h1-4,7-8,16,26H,5-6,10-11H2. The number of anilines is 1. The Morgan fingerprint density at radius 1 is 1.22 bits per heavy atom. The van der Waals surface area contributed by atoms with Gasteiger partial charge in [0, 0.05) is 24.8 Å². The molecule has 0 aliphatic carbocycles. The summed E-state index contributed by atoms with van der Waals surface area (Å²) in [6, 6.07) is 9.42. The van der Waals surface area contributed by atoms with E-state index in [0.717, 1.165) is 19.0 Å². The van der Waals surface area contributed by atoms with E-state index in [1.807, 2.05) is 11.0 Å². The molecule has 0 aromatic heterocycles. The minimum atomic E-state index is -4.65. The first kappa shape index (κ1) is 19.5. The van der Waals surface area contributed by atoms with Gasteiger partial charge in [-0.15, -0.1) is 0 Å². The third kappa shape index (κ3) is 4.34. The summed E-state index contributed by atoms with van der Waals surface area (Å²) in [5, 5.41) is 12.5. The lowest BCUT2D eigenvalue weighted by Crippen LogP contribution is -2.37. The number of halogens is 5. The summed E-state index contributed by atoms with van der Waals surface area (Å²) in [7, 11) is 0. The lowest BCUT2D eigenvalue weighted by Gasteiger charge is -2.32. The zero-order chi connectivity index (χ0) is 19.6. The number of rotatable bonds is 4. The van der Waals surface area contributed by atoms with Crippen LogP contribution < -0.4 is 10.2 Å². The van der Waals surface area contributed by atoms with Crippen molar-refractivity contribution in [3.63, 3.8) is 0 Å². The van der Waals surface area contributed by atoms with Crippen LogP contribution in [0.5, 0.6) is 0 Å². The largest absolute Gasteiger partial charge is 0.416 e. The minimum Gasteiger partial charge on any atom is -0.363 e. The highest BCUT2D eigenvalue weighted by Gasteiger charge is 2.35. The maximum Gasteiger partial charge on any atom is 0.416 e. The second kappa shape index (κ2) is 7.75. The molecule has 8 heteroatoms. The Bertz CT molecular complexity index is 870. The Balaban J connectivity index is 2.01. The van der Waals surface area contributed by atoms with Crippen LogP contribution in [0.25, 0.3) is 0 Å². The maximum absolute atomic E-state index is 13.4. The number of hydrogen-bond donors (Lipinski definition) is 1. The van der Waals surface area contributed by atoms with Gasteiger partial charge in [0.25, 0.3) is 0 Å². The lowest BCUT2D eigenvalue weighted by molar-refractivity contribution is -0.138. The van der Waals surface area contributed by atoms with E-state index in [9.17, 15) is 17.6 Å². The van der Waals surface area contributed by atoms with Crippen LogP contribution in [0.2, 0.25) is 5.02 Å². The molecule has 1 unspecified atom stereocenters. The molecule has 1 heterocycles. The molecule has 0 amide bonds. The predicted molar refractivity (Wildman–Crippen MR) is 95.0 cm³/mol.